The first-order valence-electron chi connectivity index (χ1n) is 8.02. The molecule has 1 aromatic carbocycles. The smallest absolute Gasteiger partial charge is 0.128 e. The second kappa shape index (κ2) is 4.91. The van der Waals surface area contributed by atoms with Crippen molar-refractivity contribution in [2.45, 2.75) is 58.6 Å². The second-order valence-corrected chi connectivity index (χ2v) is 8.04. The van der Waals surface area contributed by atoms with Crippen LogP contribution in [0.2, 0.25) is 0 Å². The molecule has 1 saturated heterocycles. The fourth-order valence-electron chi connectivity index (χ4n) is 3.86. The van der Waals surface area contributed by atoms with Crippen molar-refractivity contribution in [2.75, 3.05) is 13.1 Å². The summed E-state index contributed by atoms with van der Waals surface area (Å²) in [7, 11) is 0. The molecule has 0 bridgehead atoms. The molecule has 1 aromatic rings. The SMILES string of the molecule is CC1(C)CCCN(C2CC(C)(C)Oc3cc(O)ccc32)C1. The highest BCUT2D eigenvalue weighted by atomic mass is 16.5. The van der Waals surface area contributed by atoms with Crippen LogP contribution in [0, 0.1) is 5.41 Å². The van der Waals surface area contributed by atoms with Crippen LogP contribution in [0.1, 0.15) is 58.6 Å². The van der Waals surface area contributed by atoms with Gasteiger partial charge in [0.05, 0.1) is 0 Å². The van der Waals surface area contributed by atoms with Gasteiger partial charge in [0, 0.05) is 30.6 Å². The number of ether oxygens (including phenoxy) is 1. The first-order valence-corrected chi connectivity index (χ1v) is 8.02. The Balaban J connectivity index is 1.95. The molecule has 0 radical (unpaired) electrons. The van der Waals surface area contributed by atoms with E-state index in [4.69, 9.17) is 4.74 Å². The molecule has 0 aliphatic carbocycles. The maximum Gasteiger partial charge on any atom is 0.128 e. The number of benzene rings is 1. The van der Waals surface area contributed by atoms with Crippen molar-refractivity contribution in [3.8, 4) is 11.5 Å². The summed E-state index contributed by atoms with van der Waals surface area (Å²) in [4.78, 5) is 2.61. The molecule has 2 aliphatic heterocycles. The Kier molecular flexibility index (Phi) is 3.44. The van der Waals surface area contributed by atoms with Crippen LogP contribution in [-0.2, 0) is 0 Å². The van der Waals surface area contributed by atoms with Crippen LogP contribution in [0.15, 0.2) is 18.2 Å². The van der Waals surface area contributed by atoms with Gasteiger partial charge in [0.15, 0.2) is 0 Å². The minimum absolute atomic E-state index is 0.187. The van der Waals surface area contributed by atoms with Crippen molar-refractivity contribution in [1.29, 1.82) is 0 Å². The van der Waals surface area contributed by atoms with Crippen LogP contribution in [0.5, 0.6) is 11.5 Å². The van der Waals surface area contributed by atoms with E-state index in [0.717, 1.165) is 25.3 Å². The van der Waals surface area contributed by atoms with Gasteiger partial charge in [-0.1, -0.05) is 19.9 Å². The highest BCUT2D eigenvalue weighted by Crippen LogP contribution is 2.45. The average Bonchev–Trinajstić information content (AvgIpc) is 2.35. The average molecular weight is 289 g/mol. The van der Waals surface area contributed by atoms with Crippen molar-refractivity contribution in [2.24, 2.45) is 5.41 Å². The number of hydrogen-bond acceptors (Lipinski definition) is 3. The van der Waals surface area contributed by atoms with E-state index in [2.05, 4.69) is 32.6 Å². The lowest BCUT2D eigenvalue weighted by atomic mass is 9.81. The zero-order valence-corrected chi connectivity index (χ0v) is 13.6. The number of nitrogens with zero attached hydrogens (tertiary/aromatic N) is 1. The van der Waals surface area contributed by atoms with E-state index in [1.54, 1.807) is 12.1 Å². The first-order chi connectivity index (χ1) is 9.76. The highest BCUT2D eigenvalue weighted by molar-refractivity contribution is 5.44. The summed E-state index contributed by atoms with van der Waals surface area (Å²) in [5.74, 6) is 1.13. The van der Waals surface area contributed by atoms with Gasteiger partial charge < -0.3 is 9.84 Å². The predicted molar refractivity (Wildman–Crippen MR) is 84.8 cm³/mol. The molecular formula is C18H27NO2. The van der Waals surface area contributed by atoms with Crippen molar-refractivity contribution in [1.82, 2.24) is 4.90 Å². The zero-order chi connectivity index (χ0) is 15.3. The Morgan fingerprint density at radius 1 is 1.24 bits per heavy atom. The molecule has 0 aromatic heterocycles. The maximum atomic E-state index is 9.74. The minimum atomic E-state index is -0.187. The number of phenolic OH excluding ortho intramolecular Hbond substituents is 1. The molecular weight excluding hydrogens is 262 g/mol. The fraction of sp³-hybridized carbons (Fsp3) is 0.667. The van der Waals surface area contributed by atoms with Gasteiger partial charge in [-0.3, -0.25) is 4.90 Å². The second-order valence-electron chi connectivity index (χ2n) is 8.04. The molecule has 1 atom stereocenters. The quantitative estimate of drug-likeness (QED) is 0.844. The molecule has 1 fully saturated rings. The minimum Gasteiger partial charge on any atom is -0.508 e. The number of phenols is 1. The van der Waals surface area contributed by atoms with Gasteiger partial charge in [0.1, 0.15) is 17.1 Å². The summed E-state index contributed by atoms with van der Waals surface area (Å²) in [5.41, 5.74) is 1.43. The first kappa shape index (κ1) is 14.7. The molecule has 116 valence electrons. The third-order valence-electron chi connectivity index (χ3n) is 4.80. The summed E-state index contributed by atoms with van der Waals surface area (Å²) < 4.78 is 6.09. The van der Waals surface area contributed by atoms with E-state index in [0.29, 0.717) is 11.5 Å². The van der Waals surface area contributed by atoms with Crippen LogP contribution in [0.4, 0.5) is 0 Å². The number of piperidine rings is 1. The fourth-order valence-corrected chi connectivity index (χ4v) is 3.86. The van der Waals surface area contributed by atoms with Crippen LogP contribution >= 0.6 is 0 Å². The Morgan fingerprint density at radius 2 is 2.00 bits per heavy atom. The third-order valence-corrected chi connectivity index (χ3v) is 4.80. The van der Waals surface area contributed by atoms with E-state index in [-0.39, 0.29) is 11.4 Å². The monoisotopic (exact) mass is 289 g/mol. The van der Waals surface area contributed by atoms with Gasteiger partial charge in [-0.2, -0.15) is 0 Å². The molecule has 1 unspecified atom stereocenters. The maximum absolute atomic E-state index is 9.74. The van der Waals surface area contributed by atoms with Crippen LogP contribution < -0.4 is 4.74 Å². The number of hydrogen-bond donors (Lipinski definition) is 1. The summed E-state index contributed by atoms with van der Waals surface area (Å²) in [6, 6.07) is 5.97. The summed E-state index contributed by atoms with van der Waals surface area (Å²) in [6.45, 7) is 11.3. The van der Waals surface area contributed by atoms with Crippen LogP contribution in [0.3, 0.4) is 0 Å². The van der Waals surface area contributed by atoms with Gasteiger partial charge in [-0.15, -0.1) is 0 Å². The third kappa shape index (κ3) is 3.03. The van der Waals surface area contributed by atoms with E-state index >= 15 is 0 Å². The molecule has 2 heterocycles. The van der Waals surface area contributed by atoms with Gasteiger partial charge in [0.2, 0.25) is 0 Å². The molecule has 3 heteroatoms. The van der Waals surface area contributed by atoms with Gasteiger partial charge in [-0.25, -0.2) is 0 Å². The Labute approximate surface area is 127 Å². The number of rotatable bonds is 1. The van der Waals surface area contributed by atoms with Crippen molar-refractivity contribution in [3.05, 3.63) is 23.8 Å². The Bertz CT molecular complexity index is 536. The molecule has 0 spiro atoms. The zero-order valence-electron chi connectivity index (χ0n) is 13.6. The summed E-state index contributed by atoms with van der Waals surface area (Å²) in [6.07, 6.45) is 3.57. The lowest BCUT2D eigenvalue weighted by Gasteiger charge is -2.47. The van der Waals surface area contributed by atoms with Gasteiger partial charge in [-0.05, 0) is 44.7 Å². The molecule has 3 rings (SSSR count). The normalized spacial score (nSPS) is 27.7. The molecule has 0 saturated carbocycles. The number of likely N-dealkylation sites (tertiary alicyclic amines) is 1. The van der Waals surface area contributed by atoms with Crippen LogP contribution in [-0.4, -0.2) is 28.7 Å². The summed E-state index contributed by atoms with van der Waals surface area (Å²) >= 11 is 0. The van der Waals surface area contributed by atoms with Crippen LogP contribution in [0.25, 0.3) is 0 Å². The van der Waals surface area contributed by atoms with E-state index < -0.39 is 0 Å². The summed E-state index contributed by atoms with van der Waals surface area (Å²) in [5, 5.41) is 9.74. The standard InChI is InChI=1S/C18H27NO2/c1-17(2)8-5-9-19(12-17)15-11-18(3,4)21-16-10-13(20)6-7-14(15)16/h6-7,10,15,20H,5,8-9,11-12H2,1-4H3. The van der Waals surface area contributed by atoms with Crippen molar-refractivity contribution < 1.29 is 9.84 Å². The Morgan fingerprint density at radius 3 is 2.71 bits per heavy atom. The predicted octanol–water partition coefficient (Wildman–Crippen LogP) is 4.12. The number of fused-ring (bicyclic) bond motifs is 1. The molecule has 1 N–H and O–H groups in total. The van der Waals surface area contributed by atoms with E-state index in [9.17, 15) is 5.11 Å². The molecule has 2 aliphatic rings. The van der Waals surface area contributed by atoms with Gasteiger partial charge >= 0.3 is 0 Å². The van der Waals surface area contributed by atoms with Gasteiger partial charge in [0.25, 0.3) is 0 Å². The van der Waals surface area contributed by atoms with E-state index in [1.165, 1.54) is 18.4 Å². The van der Waals surface area contributed by atoms with E-state index in [1.807, 2.05) is 6.07 Å². The Hall–Kier alpha value is -1.22. The molecule has 0 amide bonds. The largest absolute Gasteiger partial charge is 0.508 e. The van der Waals surface area contributed by atoms with Crippen molar-refractivity contribution >= 4 is 0 Å². The molecule has 21 heavy (non-hydrogen) atoms. The lowest BCUT2D eigenvalue weighted by Crippen LogP contribution is -2.47. The molecule has 3 nitrogen and oxygen atoms in total. The van der Waals surface area contributed by atoms with Crippen molar-refractivity contribution in [3.63, 3.8) is 0 Å². The topological polar surface area (TPSA) is 32.7 Å². The number of aromatic hydroxyl groups is 1. The highest BCUT2D eigenvalue weighted by Gasteiger charge is 2.39. The lowest BCUT2D eigenvalue weighted by molar-refractivity contribution is 0.00234.